The molecule has 72 valence electrons. The fourth-order valence-electron chi connectivity index (χ4n) is 6.18. The summed E-state index contributed by atoms with van der Waals surface area (Å²) < 4.78 is 0. The molecule has 5 aliphatic rings. The van der Waals surface area contributed by atoms with Crippen LogP contribution in [-0.4, -0.2) is 0 Å². The normalized spacial score (nSPS) is 65.8. The van der Waals surface area contributed by atoms with Gasteiger partial charge in [-0.2, -0.15) is 0 Å². The van der Waals surface area contributed by atoms with E-state index in [0.717, 1.165) is 5.41 Å². The number of hydrogen-bond acceptors (Lipinski definition) is 0. The minimum absolute atomic E-state index is 0.939. The summed E-state index contributed by atoms with van der Waals surface area (Å²) in [7, 11) is 0. The molecule has 0 radical (unpaired) electrons. The first-order chi connectivity index (χ1) is 6.37. The average molecular weight is 176 g/mol. The van der Waals surface area contributed by atoms with E-state index < -0.39 is 0 Å². The van der Waals surface area contributed by atoms with Gasteiger partial charge in [-0.05, 0) is 67.1 Å². The monoisotopic (exact) mass is 176 g/mol. The predicted molar refractivity (Wildman–Crippen MR) is 53.3 cm³/mol. The van der Waals surface area contributed by atoms with Crippen LogP contribution in [0.3, 0.4) is 0 Å². The third kappa shape index (κ3) is 0.567. The minimum Gasteiger partial charge on any atom is -0.0654 e. The summed E-state index contributed by atoms with van der Waals surface area (Å²) in [5.41, 5.74) is 0.939. The van der Waals surface area contributed by atoms with Gasteiger partial charge in [0.25, 0.3) is 0 Å². The van der Waals surface area contributed by atoms with Crippen LogP contribution in [0.25, 0.3) is 0 Å². The third-order valence-corrected chi connectivity index (χ3v) is 6.20. The predicted octanol–water partition coefficient (Wildman–Crippen LogP) is 3.47. The number of rotatable bonds is 2. The van der Waals surface area contributed by atoms with Gasteiger partial charge < -0.3 is 0 Å². The average Bonchev–Trinajstić information content (AvgIpc) is 2.81. The van der Waals surface area contributed by atoms with E-state index in [1.807, 2.05) is 0 Å². The molecule has 5 fully saturated rings. The Morgan fingerprint density at radius 3 is 2.85 bits per heavy atom. The first-order valence-corrected chi connectivity index (χ1v) is 6.37. The fraction of sp³-hybridized carbons (Fsp3) is 1.00. The van der Waals surface area contributed by atoms with Crippen LogP contribution in [0.2, 0.25) is 0 Å². The molecular formula is C13H20. The van der Waals surface area contributed by atoms with Crippen molar-refractivity contribution in [3.8, 4) is 0 Å². The van der Waals surface area contributed by atoms with Crippen molar-refractivity contribution < 1.29 is 0 Å². The SMILES string of the molecule is CCCC1C2CC13CC1CCC3C12. The van der Waals surface area contributed by atoms with Gasteiger partial charge in [-0.3, -0.25) is 0 Å². The molecular weight excluding hydrogens is 156 g/mol. The first kappa shape index (κ1) is 7.31. The highest BCUT2D eigenvalue weighted by Gasteiger charge is 2.76. The second-order valence-electron chi connectivity index (χ2n) is 6.22. The van der Waals surface area contributed by atoms with Crippen molar-refractivity contribution in [2.75, 3.05) is 0 Å². The Bertz CT molecular complexity index is 257. The standard InChI is InChI=1S/C13H20/c1-2-3-10-9-7-13(10)6-8-4-5-11(13)12(8)9/h8-12H,2-7H2,1H3. The molecule has 0 aliphatic heterocycles. The number of hydrogen-bond donors (Lipinski definition) is 0. The van der Waals surface area contributed by atoms with Gasteiger partial charge in [-0.1, -0.05) is 13.3 Å². The van der Waals surface area contributed by atoms with E-state index in [4.69, 9.17) is 0 Å². The smallest absolute Gasteiger partial charge is 0.0230 e. The molecule has 13 heavy (non-hydrogen) atoms. The molecule has 5 saturated carbocycles. The van der Waals surface area contributed by atoms with Gasteiger partial charge in [0.05, 0.1) is 0 Å². The quantitative estimate of drug-likeness (QED) is 0.604. The molecule has 6 unspecified atom stereocenters. The molecule has 0 aromatic heterocycles. The molecule has 6 atom stereocenters. The molecule has 5 bridgehead atoms. The van der Waals surface area contributed by atoms with Crippen LogP contribution in [0.4, 0.5) is 0 Å². The topological polar surface area (TPSA) is 0 Å². The lowest BCUT2D eigenvalue weighted by Crippen LogP contribution is -2.48. The van der Waals surface area contributed by atoms with Crippen LogP contribution in [0, 0.1) is 35.0 Å². The van der Waals surface area contributed by atoms with E-state index >= 15 is 0 Å². The maximum absolute atomic E-state index is 2.38. The van der Waals surface area contributed by atoms with Crippen LogP contribution in [0.5, 0.6) is 0 Å². The van der Waals surface area contributed by atoms with E-state index in [2.05, 4.69) is 6.92 Å². The molecule has 0 amide bonds. The van der Waals surface area contributed by atoms with Gasteiger partial charge in [-0.15, -0.1) is 0 Å². The van der Waals surface area contributed by atoms with Crippen LogP contribution in [-0.2, 0) is 0 Å². The first-order valence-electron chi connectivity index (χ1n) is 6.37. The highest BCUT2D eigenvalue weighted by Crippen LogP contribution is 2.83. The minimum atomic E-state index is 0.939. The summed E-state index contributed by atoms with van der Waals surface area (Å²) in [5, 5.41) is 0. The lowest BCUT2D eigenvalue weighted by Gasteiger charge is -2.55. The van der Waals surface area contributed by atoms with Gasteiger partial charge in [0.15, 0.2) is 0 Å². The van der Waals surface area contributed by atoms with Crippen molar-refractivity contribution in [2.24, 2.45) is 35.0 Å². The molecule has 0 heterocycles. The molecule has 1 spiro atoms. The van der Waals surface area contributed by atoms with E-state index in [9.17, 15) is 0 Å². The van der Waals surface area contributed by atoms with Crippen LogP contribution >= 0.6 is 0 Å². The largest absolute Gasteiger partial charge is 0.0654 e. The zero-order chi connectivity index (χ0) is 8.63. The third-order valence-electron chi connectivity index (χ3n) is 6.20. The van der Waals surface area contributed by atoms with E-state index in [1.165, 1.54) is 36.0 Å². The van der Waals surface area contributed by atoms with Crippen molar-refractivity contribution in [3.05, 3.63) is 0 Å². The lowest BCUT2D eigenvalue weighted by atomic mass is 9.49. The molecule has 5 rings (SSSR count). The van der Waals surface area contributed by atoms with E-state index in [1.54, 1.807) is 32.1 Å². The van der Waals surface area contributed by atoms with Crippen molar-refractivity contribution in [2.45, 2.75) is 45.4 Å². The second kappa shape index (κ2) is 1.99. The zero-order valence-electron chi connectivity index (χ0n) is 8.63. The highest BCUT2D eigenvalue weighted by molar-refractivity contribution is 5.24. The molecule has 5 aliphatic carbocycles. The summed E-state index contributed by atoms with van der Waals surface area (Å²) in [6.45, 7) is 2.38. The second-order valence-corrected chi connectivity index (χ2v) is 6.22. The van der Waals surface area contributed by atoms with Gasteiger partial charge in [0.2, 0.25) is 0 Å². The maximum atomic E-state index is 2.38. The Balaban J connectivity index is 1.71. The lowest BCUT2D eigenvalue weighted by molar-refractivity contribution is -0.0652. The maximum Gasteiger partial charge on any atom is -0.0230 e. The Hall–Kier alpha value is 0. The Morgan fingerprint density at radius 1 is 1.23 bits per heavy atom. The Kier molecular flexibility index (Phi) is 1.12. The van der Waals surface area contributed by atoms with Crippen molar-refractivity contribution in [3.63, 3.8) is 0 Å². The van der Waals surface area contributed by atoms with Crippen molar-refractivity contribution >= 4 is 0 Å². The molecule has 0 aromatic carbocycles. The molecule has 0 saturated heterocycles. The highest BCUT2D eigenvalue weighted by atomic mass is 14.8. The summed E-state index contributed by atoms with van der Waals surface area (Å²) >= 11 is 0. The summed E-state index contributed by atoms with van der Waals surface area (Å²) in [6, 6.07) is 0. The van der Waals surface area contributed by atoms with Gasteiger partial charge >= 0.3 is 0 Å². The molecule has 0 aromatic rings. The van der Waals surface area contributed by atoms with Crippen LogP contribution in [0.15, 0.2) is 0 Å². The summed E-state index contributed by atoms with van der Waals surface area (Å²) in [4.78, 5) is 0. The zero-order valence-corrected chi connectivity index (χ0v) is 8.63. The van der Waals surface area contributed by atoms with Gasteiger partial charge in [0, 0.05) is 0 Å². The van der Waals surface area contributed by atoms with Crippen molar-refractivity contribution in [1.82, 2.24) is 0 Å². The molecule has 0 heteroatoms. The molecule has 0 nitrogen and oxygen atoms in total. The Morgan fingerprint density at radius 2 is 2.15 bits per heavy atom. The van der Waals surface area contributed by atoms with Crippen LogP contribution in [0.1, 0.15) is 45.4 Å². The van der Waals surface area contributed by atoms with E-state index in [-0.39, 0.29) is 0 Å². The molecule has 0 N–H and O–H groups in total. The van der Waals surface area contributed by atoms with Gasteiger partial charge in [0.1, 0.15) is 0 Å². The van der Waals surface area contributed by atoms with Gasteiger partial charge in [-0.25, -0.2) is 0 Å². The Labute approximate surface area is 81.1 Å². The fourth-order valence-corrected chi connectivity index (χ4v) is 6.18. The van der Waals surface area contributed by atoms with E-state index in [0.29, 0.717) is 0 Å². The summed E-state index contributed by atoms with van der Waals surface area (Å²) in [6.07, 6.45) is 9.53. The van der Waals surface area contributed by atoms with Crippen LogP contribution < -0.4 is 0 Å². The summed E-state index contributed by atoms with van der Waals surface area (Å²) in [5.74, 6) is 6.07. The van der Waals surface area contributed by atoms with Crippen molar-refractivity contribution in [1.29, 1.82) is 0 Å².